The van der Waals surface area contributed by atoms with Crippen LogP contribution in [0.4, 0.5) is 24.7 Å². The van der Waals surface area contributed by atoms with Crippen molar-refractivity contribution < 1.29 is 23.1 Å². The van der Waals surface area contributed by atoms with Crippen LogP contribution in [0.1, 0.15) is 11.7 Å². The lowest BCUT2D eigenvalue weighted by molar-refractivity contribution is -0.124. The normalized spacial score (nSPS) is 12.1. The van der Waals surface area contributed by atoms with E-state index in [1.54, 1.807) is 0 Å². The second-order valence-corrected chi connectivity index (χ2v) is 6.31. The predicted octanol–water partition coefficient (Wildman–Crippen LogP) is 2.49. The molecule has 0 spiro atoms. The molecule has 152 valence electrons. The van der Waals surface area contributed by atoms with Gasteiger partial charge in [0.05, 0.1) is 6.20 Å². The number of aliphatic hydroxyl groups is 1. The molecule has 0 saturated carbocycles. The van der Waals surface area contributed by atoms with Gasteiger partial charge in [0.15, 0.2) is 17.7 Å². The van der Waals surface area contributed by atoms with Gasteiger partial charge in [0, 0.05) is 11.8 Å². The maximum Gasteiger partial charge on any atom is 0.257 e. The fourth-order valence-electron chi connectivity index (χ4n) is 2.92. The summed E-state index contributed by atoms with van der Waals surface area (Å²) in [4.78, 5) is 20.1. The summed E-state index contributed by atoms with van der Waals surface area (Å²) in [6, 6.07) is 5.96. The van der Waals surface area contributed by atoms with Crippen molar-refractivity contribution >= 4 is 28.4 Å². The summed E-state index contributed by atoms with van der Waals surface area (Å²) in [5.74, 6) is -3.52. The lowest BCUT2D eigenvalue weighted by atomic mass is 10.1. The average Bonchev–Trinajstić information content (AvgIpc) is 3.12. The highest BCUT2D eigenvalue weighted by molar-refractivity contribution is 5.94. The van der Waals surface area contributed by atoms with E-state index in [0.29, 0.717) is 17.1 Å². The van der Waals surface area contributed by atoms with E-state index in [9.17, 15) is 23.1 Å². The summed E-state index contributed by atoms with van der Waals surface area (Å²) in [7, 11) is 0. The number of nitrogen functional groups attached to an aromatic ring is 1. The smallest absolute Gasteiger partial charge is 0.257 e. The van der Waals surface area contributed by atoms with E-state index in [0.717, 1.165) is 18.2 Å². The lowest BCUT2D eigenvalue weighted by Crippen LogP contribution is -2.21. The number of amides is 1. The van der Waals surface area contributed by atoms with Crippen molar-refractivity contribution in [2.45, 2.75) is 6.10 Å². The van der Waals surface area contributed by atoms with Crippen molar-refractivity contribution in [3.05, 3.63) is 71.9 Å². The zero-order chi connectivity index (χ0) is 21.4. The van der Waals surface area contributed by atoms with Gasteiger partial charge in [0.2, 0.25) is 0 Å². The number of benzene rings is 2. The van der Waals surface area contributed by atoms with Crippen LogP contribution in [0.2, 0.25) is 0 Å². The number of rotatable bonds is 4. The standard InChI is InChI=1S/C19H13F3N6O2/c20-10-3-9(4-11(21)5-10)17(29)19(30)27-12-1-2-15(13(22)6-12)28-16-14(7-26-28)24-8-25-18(16)23/h1-8,17,29H,(H,27,30)(H2,23,24,25)/t17-/m1/s1. The minimum atomic E-state index is -1.86. The molecule has 0 saturated heterocycles. The molecule has 0 aliphatic carbocycles. The number of hydrogen-bond donors (Lipinski definition) is 3. The van der Waals surface area contributed by atoms with E-state index < -0.39 is 29.5 Å². The van der Waals surface area contributed by atoms with Crippen LogP contribution in [0.25, 0.3) is 16.7 Å². The Hall–Kier alpha value is -3.99. The summed E-state index contributed by atoms with van der Waals surface area (Å²) in [5.41, 5.74) is 6.32. The first-order valence-corrected chi connectivity index (χ1v) is 8.52. The number of nitrogens with two attached hydrogens (primary N) is 1. The topological polar surface area (TPSA) is 119 Å². The van der Waals surface area contributed by atoms with E-state index in [4.69, 9.17) is 5.73 Å². The molecule has 4 aromatic rings. The molecule has 1 atom stereocenters. The van der Waals surface area contributed by atoms with Gasteiger partial charge in [-0.3, -0.25) is 4.79 Å². The Morgan fingerprint density at radius 1 is 1.10 bits per heavy atom. The van der Waals surface area contributed by atoms with Crippen molar-refractivity contribution in [1.29, 1.82) is 0 Å². The first-order chi connectivity index (χ1) is 14.3. The van der Waals surface area contributed by atoms with Crippen LogP contribution in [0.5, 0.6) is 0 Å². The number of carbonyl (C=O) groups is 1. The third-order valence-electron chi connectivity index (χ3n) is 4.28. The first kappa shape index (κ1) is 19.3. The number of halogens is 3. The van der Waals surface area contributed by atoms with Crippen LogP contribution in [0.3, 0.4) is 0 Å². The van der Waals surface area contributed by atoms with E-state index >= 15 is 0 Å². The highest BCUT2D eigenvalue weighted by Gasteiger charge is 2.20. The Balaban J connectivity index is 1.59. The van der Waals surface area contributed by atoms with Crippen LogP contribution in [-0.4, -0.2) is 30.8 Å². The summed E-state index contributed by atoms with van der Waals surface area (Å²) in [5, 5.41) is 16.4. The fraction of sp³-hybridized carbons (Fsp3) is 0.0526. The Morgan fingerprint density at radius 3 is 2.53 bits per heavy atom. The fourth-order valence-corrected chi connectivity index (χ4v) is 2.92. The summed E-state index contributed by atoms with van der Waals surface area (Å²) < 4.78 is 42.5. The SMILES string of the molecule is Nc1ncnc2cnn(-c3ccc(NC(=O)[C@H](O)c4cc(F)cc(F)c4)cc3F)c12. The molecule has 0 aliphatic rings. The van der Waals surface area contributed by atoms with Crippen molar-refractivity contribution in [1.82, 2.24) is 19.7 Å². The highest BCUT2D eigenvalue weighted by Crippen LogP contribution is 2.25. The molecule has 1 amide bonds. The Labute approximate surface area is 166 Å². The number of aliphatic hydroxyl groups excluding tert-OH is 1. The van der Waals surface area contributed by atoms with Gasteiger partial charge >= 0.3 is 0 Å². The minimum Gasteiger partial charge on any atom is -0.382 e. The van der Waals surface area contributed by atoms with Crippen LogP contribution < -0.4 is 11.1 Å². The van der Waals surface area contributed by atoms with Crippen LogP contribution in [0.15, 0.2) is 48.9 Å². The maximum atomic E-state index is 14.7. The summed E-state index contributed by atoms with van der Waals surface area (Å²) >= 11 is 0. The Morgan fingerprint density at radius 2 is 1.83 bits per heavy atom. The van der Waals surface area contributed by atoms with E-state index in [-0.39, 0.29) is 22.8 Å². The Bertz CT molecular complexity index is 1260. The second kappa shape index (κ2) is 7.44. The van der Waals surface area contributed by atoms with Gasteiger partial charge in [-0.15, -0.1) is 0 Å². The molecule has 8 nitrogen and oxygen atoms in total. The van der Waals surface area contributed by atoms with Crippen molar-refractivity contribution in [2.75, 3.05) is 11.1 Å². The van der Waals surface area contributed by atoms with Crippen molar-refractivity contribution in [2.24, 2.45) is 0 Å². The number of carbonyl (C=O) groups excluding carboxylic acids is 1. The number of fused-ring (bicyclic) bond motifs is 1. The van der Waals surface area contributed by atoms with E-state index in [2.05, 4.69) is 20.4 Å². The van der Waals surface area contributed by atoms with Gasteiger partial charge in [-0.05, 0) is 35.9 Å². The molecule has 30 heavy (non-hydrogen) atoms. The molecule has 4 N–H and O–H groups in total. The maximum absolute atomic E-state index is 14.7. The molecular weight excluding hydrogens is 401 g/mol. The molecule has 0 fully saturated rings. The largest absolute Gasteiger partial charge is 0.382 e. The third-order valence-corrected chi connectivity index (χ3v) is 4.28. The molecule has 2 aromatic heterocycles. The van der Waals surface area contributed by atoms with Gasteiger partial charge < -0.3 is 16.2 Å². The molecular formula is C19H13F3N6O2. The highest BCUT2D eigenvalue weighted by atomic mass is 19.1. The van der Waals surface area contributed by atoms with Crippen LogP contribution in [-0.2, 0) is 4.79 Å². The van der Waals surface area contributed by atoms with Crippen molar-refractivity contribution in [3.63, 3.8) is 0 Å². The van der Waals surface area contributed by atoms with Crippen molar-refractivity contribution in [3.8, 4) is 5.69 Å². The van der Waals surface area contributed by atoms with Gasteiger partial charge in [-0.2, -0.15) is 5.10 Å². The zero-order valence-electron chi connectivity index (χ0n) is 15.1. The molecule has 0 unspecified atom stereocenters. The van der Waals surface area contributed by atoms with Crippen LogP contribution >= 0.6 is 0 Å². The molecule has 2 aromatic carbocycles. The number of hydrogen-bond acceptors (Lipinski definition) is 6. The Kier molecular flexibility index (Phi) is 4.80. The predicted molar refractivity (Wildman–Crippen MR) is 101 cm³/mol. The number of nitrogens with one attached hydrogen (secondary N) is 1. The van der Waals surface area contributed by atoms with Gasteiger partial charge in [0.1, 0.15) is 34.7 Å². The third kappa shape index (κ3) is 3.53. The van der Waals surface area contributed by atoms with Gasteiger partial charge in [-0.1, -0.05) is 0 Å². The molecule has 11 heteroatoms. The molecule has 0 bridgehead atoms. The second-order valence-electron chi connectivity index (χ2n) is 6.31. The average molecular weight is 414 g/mol. The lowest BCUT2D eigenvalue weighted by Gasteiger charge is -2.13. The first-order valence-electron chi connectivity index (χ1n) is 8.52. The van der Waals surface area contributed by atoms with Gasteiger partial charge in [-0.25, -0.2) is 27.8 Å². The summed E-state index contributed by atoms with van der Waals surface area (Å²) in [6.45, 7) is 0. The number of anilines is 2. The van der Waals surface area contributed by atoms with E-state index in [1.807, 2.05) is 0 Å². The molecule has 0 aliphatic heterocycles. The molecule has 2 heterocycles. The number of nitrogens with zero attached hydrogens (tertiary/aromatic N) is 4. The zero-order valence-corrected chi connectivity index (χ0v) is 15.1. The monoisotopic (exact) mass is 414 g/mol. The molecule has 0 radical (unpaired) electrons. The van der Waals surface area contributed by atoms with Crippen LogP contribution in [0, 0.1) is 17.5 Å². The summed E-state index contributed by atoms with van der Waals surface area (Å²) in [6.07, 6.45) is 0.802. The number of aromatic nitrogens is 4. The minimum absolute atomic E-state index is 0.0119. The quantitative estimate of drug-likeness (QED) is 0.472. The van der Waals surface area contributed by atoms with Gasteiger partial charge in [0.25, 0.3) is 5.91 Å². The molecule has 4 rings (SSSR count). The van der Waals surface area contributed by atoms with E-state index in [1.165, 1.54) is 29.3 Å².